The lowest BCUT2D eigenvalue weighted by Crippen LogP contribution is -2.29. The average molecular weight is 384 g/mol. The summed E-state index contributed by atoms with van der Waals surface area (Å²) in [6.45, 7) is 6.05. The molecule has 1 aliphatic heterocycles. The Morgan fingerprint density at radius 1 is 1.37 bits per heavy atom. The minimum Gasteiger partial charge on any atom is -0.311 e. The number of nitrogens with one attached hydrogen (secondary N) is 1. The molecule has 4 heterocycles. The van der Waals surface area contributed by atoms with Gasteiger partial charge in [0, 0.05) is 18.4 Å². The fraction of sp³-hybridized carbons (Fsp3) is 0.389. The van der Waals surface area contributed by atoms with Crippen molar-refractivity contribution in [2.45, 2.75) is 43.9 Å². The number of aromatic nitrogens is 5. The third kappa shape index (κ3) is 3.23. The van der Waals surface area contributed by atoms with Crippen LogP contribution in [0.2, 0.25) is 0 Å². The van der Waals surface area contributed by atoms with Crippen LogP contribution < -0.4 is 10.9 Å². The zero-order valence-corrected chi connectivity index (χ0v) is 16.2. The molecule has 0 radical (unpaired) electrons. The van der Waals surface area contributed by atoms with Crippen LogP contribution in [0.5, 0.6) is 0 Å². The largest absolute Gasteiger partial charge is 0.311 e. The first-order valence-electron chi connectivity index (χ1n) is 8.69. The highest BCUT2D eigenvalue weighted by molar-refractivity contribution is 7.99. The molecule has 0 saturated carbocycles. The molecule has 0 aromatic carbocycles. The molecule has 1 atom stereocenters. The number of thioether (sulfide) groups is 1. The van der Waals surface area contributed by atoms with Crippen LogP contribution in [0, 0.1) is 0 Å². The van der Waals surface area contributed by atoms with E-state index in [1.54, 1.807) is 39.8 Å². The summed E-state index contributed by atoms with van der Waals surface area (Å²) in [6, 6.07) is 5.08. The Morgan fingerprint density at radius 3 is 2.89 bits per heavy atom. The second-order valence-corrected chi connectivity index (χ2v) is 8.45. The summed E-state index contributed by atoms with van der Waals surface area (Å²) in [4.78, 5) is 34.2. The quantitative estimate of drug-likeness (QED) is 0.697. The SMILES string of the molecule is CC(C)(C)n1ncc2c(=O)n3c(nc21)SCC3CC(=O)Nc1ccccn1. The molecule has 1 aliphatic rings. The van der Waals surface area contributed by atoms with Gasteiger partial charge in [0.05, 0.1) is 17.8 Å². The molecule has 0 spiro atoms. The van der Waals surface area contributed by atoms with Crippen molar-refractivity contribution in [2.75, 3.05) is 11.1 Å². The van der Waals surface area contributed by atoms with Gasteiger partial charge in [0.2, 0.25) is 5.91 Å². The number of pyridine rings is 1. The Balaban J connectivity index is 1.64. The molecule has 8 nitrogen and oxygen atoms in total. The van der Waals surface area contributed by atoms with E-state index >= 15 is 0 Å². The van der Waals surface area contributed by atoms with Crippen molar-refractivity contribution in [1.82, 2.24) is 24.3 Å². The Labute approximate surface area is 160 Å². The van der Waals surface area contributed by atoms with Gasteiger partial charge < -0.3 is 5.32 Å². The lowest BCUT2D eigenvalue weighted by Gasteiger charge is -2.20. The number of fused-ring (bicyclic) bond motifs is 2. The van der Waals surface area contributed by atoms with Crippen molar-refractivity contribution in [3.05, 3.63) is 40.9 Å². The highest BCUT2D eigenvalue weighted by Crippen LogP contribution is 2.33. The van der Waals surface area contributed by atoms with Gasteiger partial charge >= 0.3 is 0 Å². The first-order valence-corrected chi connectivity index (χ1v) is 9.67. The molecule has 140 valence electrons. The molecule has 0 saturated heterocycles. The number of hydrogen-bond acceptors (Lipinski definition) is 6. The second-order valence-electron chi connectivity index (χ2n) is 7.47. The van der Waals surface area contributed by atoms with E-state index in [2.05, 4.69) is 20.4 Å². The summed E-state index contributed by atoms with van der Waals surface area (Å²) in [5.41, 5.74) is 0.168. The minimum atomic E-state index is -0.272. The zero-order chi connectivity index (χ0) is 19.2. The highest BCUT2D eigenvalue weighted by Gasteiger charge is 2.30. The van der Waals surface area contributed by atoms with Gasteiger partial charge in [0.15, 0.2) is 10.8 Å². The number of anilines is 1. The van der Waals surface area contributed by atoms with Gasteiger partial charge in [0.1, 0.15) is 11.2 Å². The van der Waals surface area contributed by atoms with E-state index in [0.717, 1.165) is 0 Å². The lowest BCUT2D eigenvalue weighted by atomic mass is 10.1. The molecule has 1 amide bonds. The Morgan fingerprint density at radius 2 is 2.19 bits per heavy atom. The predicted molar refractivity (Wildman–Crippen MR) is 104 cm³/mol. The molecule has 1 unspecified atom stereocenters. The summed E-state index contributed by atoms with van der Waals surface area (Å²) < 4.78 is 3.39. The Kier molecular flexibility index (Phi) is 4.26. The monoisotopic (exact) mass is 384 g/mol. The van der Waals surface area contributed by atoms with Gasteiger partial charge in [-0.05, 0) is 32.9 Å². The van der Waals surface area contributed by atoms with E-state index < -0.39 is 0 Å². The summed E-state index contributed by atoms with van der Waals surface area (Å²) in [5.74, 6) is 0.957. The summed E-state index contributed by atoms with van der Waals surface area (Å²) in [5, 5.41) is 8.23. The molecule has 4 rings (SSSR count). The molecular formula is C18H20N6O2S. The maximum Gasteiger partial charge on any atom is 0.265 e. The van der Waals surface area contributed by atoms with E-state index in [9.17, 15) is 9.59 Å². The zero-order valence-electron chi connectivity index (χ0n) is 15.3. The lowest BCUT2D eigenvalue weighted by molar-refractivity contribution is -0.116. The minimum absolute atomic E-state index is 0.147. The van der Waals surface area contributed by atoms with Crippen LogP contribution in [-0.2, 0) is 10.3 Å². The van der Waals surface area contributed by atoms with E-state index in [4.69, 9.17) is 0 Å². The molecule has 1 N–H and O–H groups in total. The van der Waals surface area contributed by atoms with E-state index in [-0.39, 0.29) is 29.5 Å². The van der Waals surface area contributed by atoms with E-state index in [0.29, 0.717) is 27.8 Å². The van der Waals surface area contributed by atoms with Crippen molar-refractivity contribution in [3.8, 4) is 0 Å². The third-order valence-corrected chi connectivity index (χ3v) is 5.46. The van der Waals surface area contributed by atoms with Crippen LogP contribution in [0.1, 0.15) is 33.2 Å². The third-order valence-electron chi connectivity index (χ3n) is 4.36. The Hall–Kier alpha value is -2.68. The van der Waals surface area contributed by atoms with Crippen molar-refractivity contribution in [3.63, 3.8) is 0 Å². The van der Waals surface area contributed by atoms with E-state index in [1.807, 2.05) is 20.8 Å². The van der Waals surface area contributed by atoms with Crippen LogP contribution in [0.3, 0.4) is 0 Å². The molecular weight excluding hydrogens is 364 g/mol. The summed E-state index contributed by atoms with van der Waals surface area (Å²) in [7, 11) is 0. The van der Waals surface area contributed by atoms with Crippen LogP contribution in [-0.4, -0.2) is 36.0 Å². The molecule has 0 fully saturated rings. The topological polar surface area (TPSA) is 94.7 Å². The number of nitrogens with zero attached hydrogens (tertiary/aromatic N) is 5. The number of amides is 1. The number of rotatable bonds is 3. The number of hydrogen-bond donors (Lipinski definition) is 1. The van der Waals surface area contributed by atoms with Gasteiger partial charge in [-0.1, -0.05) is 17.8 Å². The van der Waals surface area contributed by atoms with Crippen LogP contribution in [0.25, 0.3) is 11.0 Å². The van der Waals surface area contributed by atoms with Crippen LogP contribution in [0.15, 0.2) is 40.5 Å². The molecule has 0 bridgehead atoms. The van der Waals surface area contributed by atoms with Crippen molar-refractivity contribution in [1.29, 1.82) is 0 Å². The molecule has 9 heteroatoms. The second kappa shape index (κ2) is 6.49. The maximum absolute atomic E-state index is 13.0. The first kappa shape index (κ1) is 17.7. The van der Waals surface area contributed by atoms with Gasteiger partial charge in [-0.25, -0.2) is 14.6 Å². The highest BCUT2D eigenvalue weighted by atomic mass is 32.2. The van der Waals surface area contributed by atoms with Crippen LogP contribution >= 0.6 is 11.8 Å². The number of carbonyl (C=O) groups excluding carboxylic acids is 1. The Bertz CT molecular complexity index is 1070. The first-order chi connectivity index (χ1) is 12.8. The van der Waals surface area contributed by atoms with Crippen LogP contribution in [0.4, 0.5) is 5.82 Å². The number of carbonyl (C=O) groups is 1. The van der Waals surface area contributed by atoms with Crippen molar-refractivity contribution >= 4 is 34.5 Å². The summed E-state index contributed by atoms with van der Waals surface area (Å²) >= 11 is 1.49. The molecule has 3 aromatic heterocycles. The average Bonchev–Trinajstić information content (AvgIpc) is 3.20. The van der Waals surface area contributed by atoms with Gasteiger partial charge in [0.25, 0.3) is 5.56 Å². The van der Waals surface area contributed by atoms with Crippen molar-refractivity contribution in [2.24, 2.45) is 0 Å². The molecule has 0 aliphatic carbocycles. The molecule has 3 aromatic rings. The summed E-state index contributed by atoms with van der Waals surface area (Å²) in [6.07, 6.45) is 3.38. The van der Waals surface area contributed by atoms with Gasteiger partial charge in [-0.2, -0.15) is 5.10 Å². The predicted octanol–water partition coefficient (Wildman–Crippen LogP) is 2.42. The van der Waals surface area contributed by atoms with Gasteiger partial charge in [-0.15, -0.1) is 0 Å². The maximum atomic E-state index is 13.0. The normalized spacial score (nSPS) is 16.5. The fourth-order valence-corrected chi connectivity index (χ4v) is 4.25. The van der Waals surface area contributed by atoms with Crippen molar-refractivity contribution < 1.29 is 4.79 Å². The standard InChI is InChI=1S/C18H20N6O2S/c1-18(2,3)24-15-12(9-20-24)16(26)23-11(10-27-17(23)22-15)8-14(25)21-13-6-4-5-7-19-13/h4-7,9,11H,8,10H2,1-3H3,(H,19,21,25). The van der Waals surface area contributed by atoms with E-state index in [1.165, 1.54) is 11.8 Å². The molecule has 27 heavy (non-hydrogen) atoms. The fourth-order valence-electron chi connectivity index (χ4n) is 3.12. The van der Waals surface area contributed by atoms with Gasteiger partial charge in [-0.3, -0.25) is 14.2 Å². The smallest absolute Gasteiger partial charge is 0.265 e.